The largest absolute Gasteiger partial charge is 0.302 e. The Bertz CT molecular complexity index is 222. The predicted molar refractivity (Wildman–Crippen MR) is 64.1 cm³/mol. The van der Waals surface area contributed by atoms with Gasteiger partial charge in [0, 0.05) is 12.6 Å². The normalized spacial score (nSPS) is 19.5. The van der Waals surface area contributed by atoms with Gasteiger partial charge in [-0.15, -0.1) is 0 Å². The molecule has 0 aromatic rings. The Kier molecular flexibility index (Phi) is 4.60. The molecule has 0 aliphatic heterocycles. The summed E-state index contributed by atoms with van der Waals surface area (Å²) in [4.78, 5) is 13.5. The average molecular weight is 232 g/mol. The minimum Gasteiger partial charge on any atom is -0.302 e. The van der Waals surface area contributed by atoms with Crippen LogP contribution in [-0.4, -0.2) is 29.8 Å². The second-order valence-corrected chi connectivity index (χ2v) is 5.71. The predicted octanol–water partition coefficient (Wildman–Crippen LogP) is 3.04. The van der Waals surface area contributed by atoms with Crippen molar-refractivity contribution < 1.29 is 4.79 Å². The van der Waals surface area contributed by atoms with Gasteiger partial charge in [0.05, 0.1) is 5.41 Å². The number of nitrogens with zero attached hydrogens (tertiary/aromatic N) is 1. The molecule has 0 heterocycles. The highest BCUT2D eigenvalue weighted by atomic mass is 35.5. The fraction of sp³-hybridized carbons (Fsp3) is 0.917. The lowest BCUT2D eigenvalue weighted by molar-refractivity contribution is -0.120. The summed E-state index contributed by atoms with van der Waals surface area (Å²) >= 11 is 5.59. The summed E-state index contributed by atoms with van der Waals surface area (Å²) in [6.07, 6.45) is 6.54. The SMILES string of the molecule is CN(CC(C)(C)C(=O)Cl)C1CCCCC1. The van der Waals surface area contributed by atoms with Crippen molar-refractivity contribution in [1.29, 1.82) is 0 Å². The van der Waals surface area contributed by atoms with E-state index in [9.17, 15) is 4.79 Å². The number of hydrogen-bond acceptors (Lipinski definition) is 2. The van der Waals surface area contributed by atoms with Crippen LogP contribution in [0.15, 0.2) is 0 Å². The smallest absolute Gasteiger partial charge is 0.228 e. The summed E-state index contributed by atoms with van der Waals surface area (Å²) < 4.78 is 0. The molecular weight excluding hydrogens is 210 g/mol. The first-order valence-corrected chi connectivity index (χ1v) is 6.21. The molecule has 0 aromatic carbocycles. The van der Waals surface area contributed by atoms with Gasteiger partial charge in [0.2, 0.25) is 5.24 Å². The van der Waals surface area contributed by atoms with Gasteiger partial charge in [-0.2, -0.15) is 0 Å². The Morgan fingerprint density at radius 2 is 1.87 bits per heavy atom. The zero-order chi connectivity index (χ0) is 11.5. The van der Waals surface area contributed by atoms with E-state index in [1.54, 1.807) is 0 Å². The molecule has 0 spiro atoms. The van der Waals surface area contributed by atoms with Crippen LogP contribution >= 0.6 is 11.6 Å². The maximum atomic E-state index is 11.2. The van der Waals surface area contributed by atoms with E-state index in [0.29, 0.717) is 6.04 Å². The van der Waals surface area contributed by atoms with E-state index >= 15 is 0 Å². The van der Waals surface area contributed by atoms with E-state index in [2.05, 4.69) is 11.9 Å². The van der Waals surface area contributed by atoms with Crippen molar-refractivity contribution in [3.8, 4) is 0 Å². The van der Waals surface area contributed by atoms with Crippen LogP contribution in [0.5, 0.6) is 0 Å². The Balaban J connectivity index is 2.46. The van der Waals surface area contributed by atoms with E-state index in [0.717, 1.165) is 6.54 Å². The van der Waals surface area contributed by atoms with Gasteiger partial charge in [-0.05, 0) is 31.5 Å². The van der Waals surface area contributed by atoms with Crippen LogP contribution in [0.25, 0.3) is 0 Å². The van der Waals surface area contributed by atoms with Crippen LogP contribution in [0.4, 0.5) is 0 Å². The van der Waals surface area contributed by atoms with E-state index in [1.165, 1.54) is 32.1 Å². The standard InChI is InChI=1S/C12H22ClNO/c1-12(2,11(13)15)9-14(3)10-7-5-4-6-8-10/h10H,4-9H2,1-3H3. The summed E-state index contributed by atoms with van der Waals surface area (Å²) in [5, 5.41) is -0.231. The van der Waals surface area contributed by atoms with E-state index in [4.69, 9.17) is 11.6 Å². The molecule has 1 aliphatic carbocycles. The zero-order valence-electron chi connectivity index (χ0n) is 10.1. The highest BCUT2D eigenvalue weighted by Gasteiger charge is 2.30. The Labute approximate surface area is 98.0 Å². The van der Waals surface area contributed by atoms with Gasteiger partial charge < -0.3 is 4.90 Å². The number of carbonyl (C=O) groups excluding carboxylic acids is 1. The fourth-order valence-corrected chi connectivity index (χ4v) is 2.40. The molecule has 1 aliphatic rings. The maximum Gasteiger partial charge on any atom is 0.228 e. The van der Waals surface area contributed by atoms with Gasteiger partial charge in [0.15, 0.2) is 0 Å². The molecule has 88 valence electrons. The summed E-state index contributed by atoms with van der Waals surface area (Å²) in [6.45, 7) is 4.60. The van der Waals surface area contributed by atoms with Crippen molar-refractivity contribution in [2.75, 3.05) is 13.6 Å². The van der Waals surface area contributed by atoms with Crippen LogP contribution in [0, 0.1) is 5.41 Å². The molecule has 0 aromatic heterocycles. The molecule has 1 saturated carbocycles. The Morgan fingerprint density at radius 1 is 1.33 bits per heavy atom. The van der Waals surface area contributed by atoms with Gasteiger partial charge in [-0.1, -0.05) is 33.1 Å². The molecule has 0 radical (unpaired) electrons. The zero-order valence-corrected chi connectivity index (χ0v) is 10.8. The molecule has 0 bridgehead atoms. The molecule has 15 heavy (non-hydrogen) atoms. The second kappa shape index (κ2) is 5.31. The van der Waals surface area contributed by atoms with Crippen molar-refractivity contribution in [2.45, 2.75) is 52.0 Å². The first kappa shape index (κ1) is 13.0. The number of rotatable bonds is 4. The summed E-state index contributed by atoms with van der Waals surface area (Å²) in [5.41, 5.74) is -0.423. The van der Waals surface area contributed by atoms with Crippen LogP contribution in [-0.2, 0) is 4.79 Å². The van der Waals surface area contributed by atoms with Crippen molar-refractivity contribution >= 4 is 16.8 Å². The topological polar surface area (TPSA) is 20.3 Å². The van der Waals surface area contributed by atoms with Gasteiger partial charge >= 0.3 is 0 Å². The molecule has 2 nitrogen and oxygen atoms in total. The lowest BCUT2D eigenvalue weighted by Crippen LogP contribution is -2.41. The third-order valence-electron chi connectivity index (χ3n) is 3.37. The molecule has 1 fully saturated rings. The van der Waals surface area contributed by atoms with Crippen LogP contribution in [0.2, 0.25) is 0 Å². The fourth-order valence-electron chi connectivity index (χ4n) is 2.34. The minimum absolute atomic E-state index is 0.231. The lowest BCUT2D eigenvalue weighted by Gasteiger charge is -2.35. The van der Waals surface area contributed by atoms with Gasteiger partial charge in [-0.25, -0.2) is 0 Å². The van der Waals surface area contributed by atoms with Crippen molar-refractivity contribution in [1.82, 2.24) is 4.90 Å². The Morgan fingerprint density at radius 3 is 2.33 bits per heavy atom. The van der Waals surface area contributed by atoms with Crippen LogP contribution in [0.3, 0.4) is 0 Å². The highest BCUT2D eigenvalue weighted by Crippen LogP contribution is 2.26. The molecule has 3 heteroatoms. The monoisotopic (exact) mass is 231 g/mol. The van der Waals surface area contributed by atoms with Crippen molar-refractivity contribution in [3.63, 3.8) is 0 Å². The molecule has 1 rings (SSSR count). The third kappa shape index (κ3) is 3.76. The molecule has 0 N–H and O–H groups in total. The second-order valence-electron chi connectivity index (χ2n) is 5.36. The quantitative estimate of drug-likeness (QED) is 0.694. The molecule has 0 saturated heterocycles. The first-order chi connectivity index (χ1) is 6.93. The summed E-state index contributed by atoms with van der Waals surface area (Å²) in [7, 11) is 2.11. The molecule has 0 unspecified atom stereocenters. The molecular formula is C12H22ClNO. The van der Waals surface area contributed by atoms with Gasteiger partial charge in [-0.3, -0.25) is 4.79 Å². The van der Waals surface area contributed by atoms with Crippen LogP contribution in [0.1, 0.15) is 46.0 Å². The third-order valence-corrected chi connectivity index (χ3v) is 3.89. The summed E-state index contributed by atoms with van der Waals surface area (Å²) in [5.74, 6) is 0. The number of carbonyl (C=O) groups is 1. The average Bonchev–Trinajstić information content (AvgIpc) is 2.18. The first-order valence-electron chi connectivity index (χ1n) is 5.83. The van der Waals surface area contributed by atoms with Crippen molar-refractivity contribution in [3.05, 3.63) is 0 Å². The Hall–Kier alpha value is -0.0800. The van der Waals surface area contributed by atoms with Crippen LogP contribution < -0.4 is 0 Å². The van der Waals surface area contributed by atoms with E-state index in [1.807, 2.05) is 13.8 Å². The highest BCUT2D eigenvalue weighted by molar-refractivity contribution is 6.64. The maximum absolute atomic E-state index is 11.2. The number of halogens is 1. The molecule has 0 atom stereocenters. The summed E-state index contributed by atoms with van der Waals surface area (Å²) in [6, 6.07) is 0.647. The van der Waals surface area contributed by atoms with E-state index in [-0.39, 0.29) is 5.24 Å². The van der Waals surface area contributed by atoms with Crippen molar-refractivity contribution in [2.24, 2.45) is 5.41 Å². The van der Waals surface area contributed by atoms with Gasteiger partial charge in [0.25, 0.3) is 0 Å². The molecule has 0 amide bonds. The van der Waals surface area contributed by atoms with Gasteiger partial charge in [0.1, 0.15) is 0 Å². The number of hydrogen-bond donors (Lipinski definition) is 0. The lowest BCUT2D eigenvalue weighted by atomic mass is 9.90. The van der Waals surface area contributed by atoms with E-state index < -0.39 is 5.41 Å². The minimum atomic E-state index is -0.423.